The Morgan fingerprint density at radius 3 is 2.08 bits per heavy atom. The van der Waals surface area contributed by atoms with Gasteiger partial charge in [0, 0.05) is 6.20 Å². The van der Waals surface area contributed by atoms with Crippen molar-refractivity contribution in [3.05, 3.63) is 28.3 Å². The largest absolute Gasteiger partial charge is 0.462 e. The van der Waals surface area contributed by atoms with Crippen LogP contribution in [0.4, 0.5) is 5.00 Å². The van der Waals surface area contributed by atoms with Crippen molar-refractivity contribution in [1.82, 2.24) is 0 Å². The van der Waals surface area contributed by atoms with Gasteiger partial charge >= 0.3 is 17.9 Å². The molecule has 0 atom stereocenters. The summed E-state index contributed by atoms with van der Waals surface area (Å²) in [6.07, 6.45) is 1.22. The second-order valence-electron chi connectivity index (χ2n) is 4.49. The van der Waals surface area contributed by atoms with E-state index in [1.807, 2.05) is 0 Å². The number of thiophene rings is 1. The highest BCUT2D eigenvalue weighted by Gasteiger charge is 2.21. The van der Waals surface area contributed by atoms with Gasteiger partial charge in [0.2, 0.25) is 0 Å². The third-order valence-corrected chi connectivity index (χ3v) is 3.88. The lowest BCUT2D eigenvalue weighted by Gasteiger charge is -2.06. The third-order valence-electron chi connectivity index (χ3n) is 2.73. The molecule has 0 aliphatic rings. The molecule has 0 radical (unpaired) electrons. The fourth-order valence-electron chi connectivity index (χ4n) is 1.71. The summed E-state index contributed by atoms with van der Waals surface area (Å²) in [6, 6.07) is 1.72. The number of aryl methyl sites for hydroxylation is 1. The van der Waals surface area contributed by atoms with Crippen molar-refractivity contribution >= 4 is 34.2 Å². The average Bonchev–Trinajstić information content (AvgIpc) is 2.89. The highest BCUT2D eigenvalue weighted by Crippen LogP contribution is 2.27. The average molecular weight is 355 g/mol. The van der Waals surface area contributed by atoms with E-state index in [1.54, 1.807) is 33.8 Å². The first-order valence-corrected chi connectivity index (χ1v) is 8.34. The Balaban J connectivity index is 2.97. The fraction of sp³-hybridized carbons (Fsp3) is 0.438. The van der Waals surface area contributed by atoms with Crippen LogP contribution in [0.15, 0.2) is 17.8 Å². The van der Waals surface area contributed by atoms with E-state index in [0.717, 1.165) is 5.56 Å². The van der Waals surface area contributed by atoms with Crippen molar-refractivity contribution < 1.29 is 28.6 Å². The first kappa shape index (κ1) is 19.7. The molecule has 7 nitrogen and oxygen atoms in total. The van der Waals surface area contributed by atoms with Crippen molar-refractivity contribution in [3.8, 4) is 0 Å². The van der Waals surface area contributed by atoms with Crippen LogP contribution < -0.4 is 5.32 Å². The summed E-state index contributed by atoms with van der Waals surface area (Å²) in [5.41, 5.74) is 0.491. The molecule has 0 aliphatic carbocycles. The fourth-order valence-corrected chi connectivity index (χ4v) is 2.65. The maximum absolute atomic E-state index is 11.8. The quantitative estimate of drug-likeness (QED) is 0.252. The van der Waals surface area contributed by atoms with Gasteiger partial charge in [-0.2, -0.15) is 0 Å². The van der Waals surface area contributed by atoms with E-state index in [4.69, 9.17) is 14.2 Å². The summed E-state index contributed by atoms with van der Waals surface area (Å²) in [7, 11) is 0. The Morgan fingerprint density at radius 1 is 1.04 bits per heavy atom. The minimum absolute atomic E-state index is 0.140. The number of anilines is 1. The van der Waals surface area contributed by atoms with Crippen LogP contribution in [0.3, 0.4) is 0 Å². The van der Waals surface area contributed by atoms with Gasteiger partial charge in [-0.25, -0.2) is 14.4 Å². The topological polar surface area (TPSA) is 90.9 Å². The Hall–Kier alpha value is -2.35. The van der Waals surface area contributed by atoms with Crippen molar-refractivity contribution in [3.63, 3.8) is 0 Å². The smallest absolute Gasteiger partial charge is 0.348 e. The van der Waals surface area contributed by atoms with Crippen LogP contribution in [0.1, 0.15) is 36.0 Å². The summed E-state index contributed by atoms with van der Waals surface area (Å²) in [6.45, 7) is 7.35. The van der Waals surface area contributed by atoms with Gasteiger partial charge in [-0.3, -0.25) is 0 Å². The molecular formula is C16H21NO6S. The molecule has 1 heterocycles. The molecule has 1 N–H and O–H groups in total. The summed E-state index contributed by atoms with van der Waals surface area (Å²) in [5, 5.41) is 3.41. The predicted octanol–water partition coefficient (Wildman–Crippen LogP) is 2.66. The van der Waals surface area contributed by atoms with Crippen molar-refractivity contribution in [2.75, 3.05) is 25.1 Å². The summed E-state index contributed by atoms with van der Waals surface area (Å²) >= 11 is 1.17. The second kappa shape index (κ2) is 9.71. The Bertz CT molecular complexity index is 615. The van der Waals surface area contributed by atoms with Crippen LogP contribution in [0.25, 0.3) is 0 Å². The number of rotatable bonds is 8. The van der Waals surface area contributed by atoms with Crippen LogP contribution in [-0.4, -0.2) is 37.7 Å². The Kier molecular flexibility index (Phi) is 7.97. The standard InChI is InChI=1S/C16H21NO6S/c1-5-21-14(18)11(15(19)22-6-2)9-17-12-8-10(4)13(24-12)16(20)23-7-3/h8-9,17H,5-7H2,1-4H3. The molecule has 0 aliphatic heterocycles. The lowest BCUT2D eigenvalue weighted by molar-refractivity contribution is -0.146. The van der Waals surface area contributed by atoms with E-state index < -0.39 is 17.9 Å². The predicted molar refractivity (Wildman–Crippen MR) is 90.0 cm³/mol. The zero-order valence-electron chi connectivity index (χ0n) is 14.1. The molecule has 0 spiro atoms. The summed E-state index contributed by atoms with van der Waals surface area (Å²) in [5.74, 6) is -1.96. The van der Waals surface area contributed by atoms with Crippen molar-refractivity contribution in [2.45, 2.75) is 27.7 Å². The number of carbonyl (C=O) groups excluding carboxylic acids is 3. The first-order valence-electron chi connectivity index (χ1n) is 7.53. The van der Waals surface area contributed by atoms with Crippen molar-refractivity contribution in [2.24, 2.45) is 0 Å². The zero-order valence-corrected chi connectivity index (χ0v) is 15.0. The van der Waals surface area contributed by atoms with Crippen molar-refractivity contribution in [1.29, 1.82) is 0 Å². The van der Waals surface area contributed by atoms with Crippen LogP contribution in [0, 0.1) is 6.92 Å². The normalized spacial score (nSPS) is 9.83. The van der Waals surface area contributed by atoms with E-state index >= 15 is 0 Å². The Labute approximate surface area is 144 Å². The molecule has 8 heteroatoms. The molecule has 1 aromatic heterocycles. The molecule has 0 aromatic carbocycles. The lowest BCUT2D eigenvalue weighted by atomic mass is 10.3. The molecule has 0 saturated heterocycles. The molecule has 0 fully saturated rings. The van der Waals surface area contributed by atoms with Crippen LogP contribution in [-0.2, 0) is 23.8 Å². The summed E-state index contributed by atoms with van der Waals surface area (Å²) < 4.78 is 14.6. The molecule has 1 aromatic rings. The van der Waals surface area contributed by atoms with Gasteiger partial charge < -0.3 is 19.5 Å². The van der Waals surface area contributed by atoms with Gasteiger partial charge in [0.05, 0.1) is 24.8 Å². The van der Waals surface area contributed by atoms with Crippen LogP contribution >= 0.6 is 11.3 Å². The minimum Gasteiger partial charge on any atom is -0.462 e. The molecule has 24 heavy (non-hydrogen) atoms. The molecule has 132 valence electrons. The molecule has 1 rings (SSSR count). The number of hydrogen-bond donors (Lipinski definition) is 1. The van der Waals surface area contributed by atoms with Gasteiger partial charge in [-0.15, -0.1) is 11.3 Å². The third kappa shape index (κ3) is 5.38. The molecule has 0 unspecified atom stereocenters. The number of ether oxygens (including phenoxy) is 3. The van der Waals surface area contributed by atoms with Crippen LogP contribution in [0.2, 0.25) is 0 Å². The molecule has 0 amide bonds. The maximum Gasteiger partial charge on any atom is 0.348 e. The number of nitrogens with one attached hydrogen (secondary N) is 1. The van der Waals surface area contributed by atoms with E-state index in [9.17, 15) is 14.4 Å². The van der Waals surface area contributed by atoms with Crippen LogP contribution in [0.5, 0.6) is 0 Å². The van der Waals surface area contributed by atoms with Gasteiger partial charge in [0.1, 0.15) is 4.88 Å². The highest BCUT2D eigenvalue weighted by molar-refractivity contribution is 7.18. The minimum atomic E-state index is -0.776. The van der Waals surface area contributed by atoms with Gasteiger partial charge in [0.15, 0.2) is 5.57 Å². The maximum atomic E-state index is 11.8. The zero-order chi connectivity index (χ0) is 18.1. The van der Waals surface area contributed by atoms with Gasteiger partial charge in [0.25, 0.3) is 0 Å². The summed E-state index contributed by atoms with van der Waals surface area (Å²) in [4.78, 5) is 35.9. The molecular weight excluding hydrogens is 334 g/mol. The van der Waals surface area contributed by atoms with E-state index in [1.165, 1.54) is 17.5 Å². The van der Waals surface area contributed by atoms with Gasteiger partial charge in [-0.05, 0) is 39.3 Å². The monoisotopic (exact) mass is 355 g/mol. The Morgan fingerprint density at radius 2 is 1.58 bits per heavy atom. The SMILES string of the molecule is CCOC(=O)C(=CNc1cc(C)c(C(=O)OCC)s1)C(=O)OCC. The molecule has 0 saturated carbocycles. The van der Waals surface area contributed by atoms with E-state index in [0.29, 0.717) is 9.88 Å². The highest BCUT2D eigenvalue weighted by atomic mass is 32.1. The van der Waals surface area contributed by atoms with Gasteiger partial charge in [-0.1, -0.05) is 0 Å². The number of esters is 3. The first-order chi connectivity index (χ1) is 11.4. The van der Waals surface area contributed by atoms with E-state index in [2.05, 4.69) is 5.32 Å². The number of carbonyl (C=O) groups is 3. The number of hydrogen-bond acceptors (Lipinski definition) is 8. The lowest BCUT2D eigenvalue weighted by Crippen LogP contribution is -2.19. The second-order valence-corrected chi connectivity index (χ2v) is 5.54. The molecule has 0 bridgehead atoms. The van der Waals surface area contributed by atoms with E-state index in [-0.39, 0.29) is 25.4 Å².